The van der Waals surface area contributed by atoms with Crippen molar-refractivity contribution in [3.8, 4) is 0 Å². The minimum absolute atomic E-state index is 0.162. The number of hydrogen-bond donors (Lipinski definition) is 1. The third-order valence-corrected chi connectivity index (χ3v) is 5.62. The molecule has 8 heteroatoms. The molecule has 1 aromatic carbocycles. The summed E-state index contributed by atoms with van der Waals surface area (Å²) in [7, 11) is 1.31. The Labute approximate surface area is 154 Å². The lowest BCUT2D eigenvalue weighted by Crippen LogP contribution is -2.16. The Balaban J connectivity index is 1.94. The Morgan fingerprint density at radius 3 is 2.85 bits per heavy atom. The molecule has 26 heavy (non-hydrogen) atoms. The summed E-state index contributed by atoms with van der Waals surface area (Å²) in [6, 6.07) is 5.48. The number of nitrogens with zero attached hydrogens (tertiary/aromatic N) is 1. The van der Waals surface area contributed by atoms with Crippen LogP contribution in [0.5, 0.6) is 0 Å². The molecule has 2 aromatic rings. The molecule has 1 aromatic heterocycles. The van der Waals surface area contributed by atoms with Crippen LogP contribution >= 0.6 is 11.3 Å². The zero-order valence-corrected chi connectivity index (χ0v) is 15.2. The largest absolute Gasteiger partial charge is 0.465 e. The molecule has 0 spiro atoms. The number of nitro groups is 1. The number of nitro benzene ring substituents is 1. The highest BCUT2D eigenvalue weighted by Gasteiger charge is 2.29. The van der Waals surface area contributed by atoms with Gasteiger partial charge in [-0.05, 0) is 36.8 Å². The van der Waals surface area contributed by atoms with E-state index in [1.54, 1.807) is 0 Å². The van der Waals surface area contributed by atoms with E-state index < -0.39 is 16.8 Å². The number of nitrogens with one attached hydrogen (secondary N) is 1. The fourth-order valence-corrected chi connectivity index (χ4v) is 4.49. The average molecular weight is 374 g/mol. The first kappa shape index (κ1) is 18.1. The van der Waals surface area contributed by atoms with E-state index in [4.69, 9.17) is 4.74 Å². The average Bonchev–Trinajstić information content (AvgIpc) is 2.97. The second kappa shape index (κ2) is 7.25. The number of fused-ring (bicyclic) bond motifs is 1. The maximum absolute atomic E-state index is 12.6. The summed E-state index contributed by atoms with van der Waals surface area (Å²) in [6.07, 6.45) is 2.60. The van der Waals surface area contributed by atoms with E-state index in [0.717, 1.165) is 29.7 Å². The van der Waals surface area contributed by atoms with Gasteiger partial charge in [-0.2, -0.15) is 0 Å². The minimum Gasteiger partial charge on any atom is -0.465 e. The van der Waals surface area contributed by atoms with Gasteiger partial charge in [0.25, 0.3) is 11.6 Å². The van der Waals surface area contributed by atoms with Gasteiger partial charge >= 0.3 is 5.97 Å². The highest BCUT2D eigenvalue weighted by molar-refractivity contribution is 7.17. The van der Waals surface area contributed by atoms with Gasteiger partial charge in [0.05, 0.1) is 17.6 Å². The number of benzene rings is 1. The third-order valence-electron chi connectivity index (χ3n) is 4.45. The number of carbonyl (C=O) groups excluding carboxylic acids is 2. The molecule has 0 unspecified atom stereocenters. The van der Waals surface area contributed by atoms with Gasteiger partial charge in [0.15, 0.2) is 0 Å². The number of rotatable bonds is 4. The summed E-state index contributed by atoms with van der Waals surface area (Å²) in [5.74, 6) is -0.455. The van der Waals surface area contributed by atoms with Crippen LogP contribution in [0, 0.1) is 16.0 Å². The lowest BCUT2D eigenvalue weighted by Gasteiger charge is -2.18. The second-order valence-electron chi connectivity index (χ2n) is 6.31. The molecule has 3 rings (SSSR count). The van der Waals surface area contributed by atoms with Gasteiger partial charge in [-0.3, -0.25) is 14.9 Å². The zero-order chi connectivity index (χ0) is 18.8. The molecule has 7 nitrogen and oxygen atoms in total. The summed E-state index contributed by atoms with van der Waals surface area (Å²) in [6.45, 7) is 2.15. The van der Waals surface area contributed by atoms with Crippen molar-refractivity contribution in [2.75, 3.05) is 12.4 Å². The highest BCUT2D eigenvalue weighted by Crippen LogP contribution is 2.40. The maximum atomic E-state index is 12.6. The Bertz CT molecular complexity index is 890. The smallest absolute Gasteiger partial charge is 0.341 e. The first-order valence-electron chi connectivity index (χ1n) is 8.19. The van der Waals surface area contributed by atoms with Crippen molar-refractivity contribution >= 4 is 33.9 Å². The fourth-order valence-electron chi connectivity index (χ4n) is 3.09. The Hall–Kier alpha value is -2.74. The number of esters is 1. The maximum Gasteiger partial charge on any atom is 0.341 e. The molecule has 1 amide bonds. The van der Waals surface area contributed by atoms with Crippen LogP contribution in [0.3, 0.4) is 0 Å². The van der Waals surface area contributed by atoms with Crippen LogP contribution in [0.1, 0.15) is 44.5 Å². The molecule has 1 heterocycles. The lowest BCUT2D eigenvalue weighted by atomic mass is 9.88. The van der Waals surface area contributed by atoms with Crippen molar-refractivity contribution in [3.63, 3.8) is 0 Å². The molecule has 1 aliphatic carbocycles. The number of non-ortho nitro benzene ring substituents is 1. The van der Waals surface area contributed by atoms with E-state index in [-0.39, 0.29) is 11.3 Å². The number of methoxy groups -OCH3 is 1. The standard InChI is InChI=1S/C18H18N2O5S/c1-10-6-7-13-14(8-10)26-17(15(13)18(22)25-2)19-16(21)11-4-3-5-12(9-11)20(23)24/h3-5,9-10H,6-8H2,1-2H3,(H,19,21)/t10-/m0/s1. The third kappa shape index (κ3) is 3.45. The molecule has 1 atom stereocenters. The van der Waals surface area contributed by atoms with Gasteiger partial charge in [0.2, 0.25) is 0 Å². The Kier molecular flexibility index (Phi) is 5.03. The molecular formula is C18H18N2O5S. The van der Waals surface area contributed by atoms with Gasteiger partial charge in [-0.1, -0.05) is 13.0 Å². The predicted molar refractivity (Wildman–Crippen MR) is 97.9 cm³/mol. The minimum atomic E-state index is -0.554. The molecular weight excluding hydrogens is 356 g/mol. The number of amides is 1. The lowest BCUT2D eigenvalue weighted by molar-refractivity contribution is -0.384. The van der Waals surface area contributed by atoms with E-state index in [1.165, 1.54) is 42.7 Å². The fraction of sp³-hybridized carbons (Fsp3) is 0.333. The Morgan fingerprint density at radius 2 is 2.15 bits per heavy atom. The van der Waals surface area contributed by atoms with Crippen molar-refractivity contribution in [3.05, 3.63) is 55.9 Å². The van der Waals surface area contributed by atoms with Crippen LogP contribution in [-0.2, 0) is 17.6 Å². The number of carbonyl (C=O) groups is 2. The monoisotopic (exact) mass is 374 g/mol. The van der Waals surface area contributed by atoms with Crippen molar-refractivity contribution in [1.82, 2.24) is 0 Å². The van der Waals surface area contributed by atoms with Gasteiger partial charge in [0, 0.05) is 22.6 Å². The van der Waals surface area contributed by atoms with E-state index in [9.17, 15) is 19.7 Å². The summed E-state index contributed by atoms with van der Waals surface area (Å²) in [4.78, 5) is 36.2. The van der Waals surface area contributed by atoms with Gasteiger partial charge in [-0.15, -0.1) is 11.3 Å². The molecule has 136 valence electrons. The van der Waals surface area contributed by atoms with Crippen LogP contribution < -0.4 is 5.32 Å². The summed E-state index contributed by atoms with van der Waals surface area (Å²) >= 11 is 1.38. The van der Waals surface area contributed by atoms with Crippen LogP contribution in [-0.4, -0.2) is 23.9 Å². The van der Waals surface area contributed by atoms with Gasteiger partial charge < -0.3 is 10.1 Å². The first-order valence-corrected chi connectivity index (χ1v) is 9.01. The predicted octanol–water partition coefficient (Wildman–Crippen LogP) is 3.82. The first-order chi connectivity index (χ1) is 12.4. The van der Waals surface area contributed by atoms with Gasteiger partial charge in [0.1, 0.15) is 5.00 Å². The zero-order valence-electron chi connectivity index (χ0n) is 14.4. The molecule has 1 N–H and O–H groups in total. The summed E-state index contributed by atoms with van der Waals surface area (Å²) in [5, 5.41) is 14.1. The van der Waals surface area contributed by atoms with Gasteiger partial charge in [-0.25, -0.2) is 4.79 Å². The molecule has 0 radical (unpaired) electrons. The highest BCUT2D eigenvalue weighted by atomic mass is 32.1. The second-order valence-corrected chi connectivity index (χ2v) is 7.41. The summed E-state index contributed by atoms with van der Waals surface area (Å²) in [5.41, 5.74) is 1.34. The number of thiophene rings is 1. The quantitative estimate of drug-likeness (QED) is 0.498. The van der Waals surface area contributed by atoms with E-state index in [0.29, 0.717) is 16.5 Å². The number of hydrogen-bond acceptors (Lipinski definition) is 6. The molecule has 1 aliphatic rings. The topological polar surface area (TPSA) is 98.5 Å². The molecule has 0 aliphatic heterocycles. The molecule has 0 bridgehead atoms. The van der Waals surface area contributed by atoms with Crippen molar-refractivity contribution < 1.29 is 19.2 Å². The SMILES string of the molecule is COC(=O)c1c(NC(=O)c2cccc([N+](=O)[O-])c2)sc2c1CC[C@H](C)C2. The molecule has 0 saturated carbocycles. The Morgan fingerprint density at radius 1 is 1.38 bits per heavy atom. The van der Waals surface area contributed by atoms with Crippen molar-refractivity contribution in [1.29, 1.82) is 0 Å². The van der Waals surface area contributed by atoms with Crippen LogP contribution in [0.25, 0.3) is 0 Å². The van der Waals surface area contributed by atoms with E-state index in [2.05, 4.69) is 12.2 Å². The normalized spacial score (nSPS) is 15.8. The summed E-state index contributed by atoms with van der Waals surface area (Å²) < 4.78 is 4.89. The van der Waals surface area contributed by atoms with Crippen LogP contribution in [0.15, 0.2) is 24.3 Å². The van der Waals surface area contributed by atoms with Crippen LogP contribution in [0.2, 0.25) is 0 Å². The number of anilines is 1. The van der Waals surface area contributed by atoms with E-state index >= 15 is 0 Å². The van der Waals surface area contributed by atoms with Crippen LogP contribution in [0.4, 0.5) is 10.7 Å². The van der Waals surface area contributed by atoms with E-state index in [1.807, 2.05) is 0 Å². The number of ether oxygens (including phenoxy) is 1. The molecule has 0 saturated heterocycles. The molecule has 0 fully saturated rings. The van der Waals surface area contributed by atoms with Crippen molar-refractivity contribution in [2.45, 2.75) is 26.2 Å². The van der Waals surface area contributed by atoms with Crippen molar-refractivity contribution in [2.24, 2.45) is 5.92 Å².